The van der Waals surface area contributed by atoms with Crippen molar-refractivity contribution in [1.29, 1.82) is 0 Å². The van der Waals surface area contributed by atoms with E-state index >= 15 is 0 Å². The van der Waals surface area contributed by atoms with Crippen molar-refractivity contribution < 1.29 is 39.1 Å². The molecule has 1 heterocycles. The first-order valence-corrected chi connectivity index (χ1v) is 14.2. The number of nitrogens with one attached hydrogen (secondary N) is 1. The Bertz CT molecular complexity index is 1310. The van der Waals surface area contributed by atoms with Crippen LogP contribution in [0.1, 0.15) is 30.4 Å². The van der Waals surface area contributed by atoms with Gasteiger partial charge >= 0.3 is 0 Å². The first kappa shape index (κ1) is 30.1. The number of carbonyl (C=O) groups excluding carboxylic acids is 1. The Morgan fingerprint density at radius 3 is 2.48 bits per heavy atom. The third-order valence-corrected chi connectivity index (χ3v) is 8.14. The summed E-state index contributed by atoms with van der Waals surface area (Å²) in [7, 11) is 2.94. The van der Waals surface area contributed by atoms with E-state index in [0.717, 1.165) is 22.3 Å². The second-order valence-electron chi connectivity index (χ2n) is 9.80. The highest BCUT2D eigenvalue weighted by atomic mass is 32.2. The molecule has 0 spiro atoms. The van der Waals surface area contributed by atoms with E-state index in [0.29, 0.717) is 30.0 Å². The number of ether oxygens (including phenoxy) is 4. The van der Waals surface area contributed by atoms with Crippen LogP contribution in [0.4, 0.5) is 0 Å². The van der Waals surface area contributed by atoms with Crippen LogP contribution in [0.3, 0.4) is 0 Å². The number of rotatable bonds is 8. The third-order valence-electron chi connectivity index (χ3n) is 7.37. The van der Waals surface area contributed by atoms with E-state index in [9.17, 15) is 24.9 Å². The molecule has 1 aliphatic carbocycles. The van der Waals surface area contributed by atoms with Crippen LogP contribution >= 0.6 is 11.8 Å². The number of hydrogen-bond acceptors (Lipinski definition) is 11. The molecule has 0 radical (unpaired) electrons. The average molecular weight is 577 g/mol. The fraction of sp³-hybridized carbons (Fsp3) is 0.500. The standard InChI is InChI=1S/C28H36N2O9S/c1-13(31)30-12-15-6-5-14-9-19(38-28-25(35)24(34)23(33)20(11-29)39-28)26(36-2)27(37-3)22(14)16-7-8-21(40-4)18(32)10-17(15)16/h7-10,15,20,23-25,28,33-35H,5-6,11-12,29H2,1-4H3,(H,30,31)/t15-,20-,23-,24+,25-,28-/m1/s1. The van der Waals surface area contributed by atoms with Crippen molar-refractivity contribution in [3.05, 3.63) is 45.6 Å². The molecule has 0 saturated carbocycles. The normalized spacial score (nSPS) is 25.7. The van der Waals surface area contributed by atoms with Gasteiger partial charge in [-0.15, -0.1) is 11.8 Å². The first-order chi connectivity index (χ1) is 19.1. The summed E-state index contributed by atoms with van der Waals surface area (Å²) in [6, 6.07) is 7.05. The monoisotopic (exact) mass is 576 g/mol. The van der Waals surface area contributed by atoms with E-state index in [-0.39, 0.29) is 35.3 Å². The molecule has 1 fully saturated rings. The number of thioether (sulfide) groups is 1. The number of fused-ring (bicyclic) bond motifs is 3. The fourth-order valence-corrected chi connectivity index (χ4v) is 5.76. The topological polar surface area (TPSA) is 170 Å². The van der Waals surface area contributed by atoms with Crippen LogP contribution in [-0.2, 0) is 16.0 Å². The number of nitrogens with two attached hydrogens (primary N) is 1. The van der Waals surface area contributed by atoms with Gasteiger partial charge in [-0.25, -0.2) is 0 Å². The summed E-state index contributed by atoms with van der Waals surface area (Å²) in [6.07, 6.45) is -3.79. The Morgan fingerprint density at radius 2 is 1.85 bits per heavy atom. The lowest BCUT2D eigenvalue weighted by atomic mass is 9.92. The Balaban J connectivity index is 1.87. The molecule has 4 rings (SSSR count). The second kappa shape index (κ2) is 12.8. The van der Waals surface area contributed by atoms with E-state index in [1.165, 1.54) is 32.9 Å². The van der Waals surface area contributed by atoms with Crippen molar-refractivity contribution >= 4 is 17.7 Å². The number of aryl methyl sites for hydroxylation is 1. The lowest BCUT2D eigenvalue weighted by Gasteiger charge is -2.40. The summed E-state index contributed by atoms with van der Waals surface area (Å²) in [5.41, 5.74) is 8.65. The highest BCUT2D eigenvalue weighted by Gasteiger charge is 2.45. The zero-order valence-electron chi connectivity index (χ0n) is 22.9. The number of aliphatic hydroxyl groups is 3. The molecule has 11 nitrogen and oxygen atoms in total. The number of carbonyl (C=O) groups is 1. The third kappa shape index (κ3) is 5.78. The minimum Gasteiger partial charge on any atom is -0.492 e. The molecule has 0 unspecified atom stereocenters. The van der Waals surface area contributed by atoms with E-state index in [1.54, 1.807) is 18.2 Å². The Kier molecular flexibility index (Phi) is 9.60. The highest BCUT2D eigenvalue weighted by molar-refractivity contribution is 7.98. The van der Waals surface area contributed by atoms with Gasteiger partial charge in [-0.1, -0.05) is 6.07 Å². The first-order valence-electron chi connectivity index (χ1n) is 13.0. The smallest absolute Gasteiger partial charge is 0.229 e. The number of benzene rings is 1. The molecule has 6 atom stereocenters. The number of aliphatic hydroxyl groups excluding tert-OH is 3. The Labute approximate surface area is 236 Å². The molecule has 1 saturated heterocycles. The number of methoxy groups -OCH3 is 2. The van der Waals surface area contributed by atoms with Crippen LogP contribution in [0.2, 0.25) is 0 Å². The zero-order chi connectivity index (χ0) is 29.1. The SMILES string of the molecule is COc1c(O[C@@H]2O[C@H](CN)[C@@H](O)[C@H](O)[C@H]2O)cc2c(c1OC)-c1ccc(SC)c(=O)cc1[C@@H](CNC(C)=O)CC2. The largest absolute Gasteiger partial charge is 0.492 e. The van der Waals surface area contributed by atoms with E-state index in [2.05, 4.69) is 5.32 Å². The van der Waals surface area contributed by atoms with Crippen molar-refractivity contribution in [3.8, 4) is 28.4 Å². The Hall–Kier alpha value is -2.87. The van der Waals surface area contributed by atoms with Gasteiger partial charge in [0, 0.05) is 31.5 Å². The van der Waals surface area contributed by atoms with Crippen LogP contribution in [-0.4, -0.2) is 85.5 Å². The summed E-state index contributed by atoms with van der Waals surface area (Å²) in [5.74, 6) is 0.429. The molecule has 6 N–H and O–H groups in total. The molecule has 218 valence electrons. The average Bonchev–Trinajstić information content (AvgIpc) is 3.19. The molecule has 0 bridgehead atoms. The maximum Gasteiger partial charge on any atom is 0.229 e. The maximum atomic E-state index is 13.0. The van der Waals surface area contributed by atoms with E-state index in [4.69, 9.17) is 24.7 Å². The van der Waals surface area contributed by atoms with Crippen molar-refractivity contribution in [2.45, 2.75) is 61.3 Å². The maximum absolute atomic E-state index is 13.0. The van der Waals surface area contributed by atoms with Gasteiger partial charge in [0.25, 0.3) is 0 Å². The summed E-state index contributed by atoms with van der Waals surface area (Å²) in [6.45, 7) is 1.70. The van der Waals surface area contributed by atoms with Crippen LogP contribution in [0, 0.1) is 0 Å². The van der Waals surface area contributed by atoms with Crippen LogP contribution in [0.5, 0.6) is 17.2 Å². The summed E-state index contributed by atoms with van der Waals surface area (Å²) in [5, 5.41) is 34.0. The molecule has 12 heteroatoms. The quantitative estimate of drug-likeness (QED) is 0.281. The molecule has 2 aromatic carbocycles. The van der Waals surface area contributed by atoms with Crippen LogP contribution in [0.15, 0.2) is 34.0 Å². The van der Waals surface area contributed by atoms with Gasteiger partial charge in [0.05, 0.1) is 19.1 Å². The van der Waals surface area contributed by atoms with E-state index in [1.807, 2.05) is 12.3 Å². The highest BCUT2D eigenvalue weighted by Crippen LogP contribution is 2.51. The van der Waals surface area contributed by atoms with Gasteiger partial charge in [-0.3, -0.25) is 9.59 Å². The number of amides is 1. The molecule has 40 heavy (non-hydrogen) atoms. The minimum atomic E-state index is -1.56. The van der Waals surface area contributed by atoms with Gasteiger partial charge < -0.3 is 45.3 Å². The minimum absolute atomic E-state index is 0.0985. The predicted octanol–water partition coefficient (Wildman–Crippen LogP) is 0.764. The number of hydrogen-bond donors (Lipinski definition) is 5. The van der Waals surface area contributed by atoms with Gasteiger partial charge in [0.2, 0.25) is 17.9 Å². The van der Waals surface area contributed by atoms with Crippen LogP contribution < -0.4 is 30.7 Å². The zero-order valence-corrected chi connectivity index (χ0v) is 23.7. The van der Waals surface area contributed by atoms with Crippen molar-refractivity contribution in [2.24, 2.45) is 5.73 Å². The van der Waals surface area contributed by atoms with Gasteiger partial charge in [-0.2, -0.15) is 0 Å². The molecule has 1 aliphatic heterocycles. The molecule has 1 amide bonds. The molecular formula is C28H36N2O9S. The summed E-state index contributed by atoms with van der Waals surface area (Å²) >= 11 is 1.35. The lowest BCUT2D eigenvalue weighted by Crippen LogP contribution is -2.60. The molecule has 2 aliphatic rings. The summed E-state index contributed by atoms with van der Waals surface area (Å²) in [4.78, 5) is 25.4. The van der Waals surface area contributed by atoms with Gasteiger partial charge in [0.1, 0.15) is 24.4 Å². The summed E-state index contributed by atoms with van der Waals surface area (Å²) < 4.78 is 23.3. The van der Waals surface area contributed by atoms with Gasteiger partial charge in [-0.05, 0) is 54.0 Å². The molecule has 0 aromatic heterocycles. The van der Waals surface area contributed by atoms with E-state index < -0.39 is 30.7 Å². The Morgan fingerprint density at radius 1 is 1.12 bits per heavy atom. The van der Waals surface area contributed by atoms with Gasteiger partial charge in [0.15, 0.2) is 16.9 Å². The fourth-order valence-electron chi connectivity index (χ4n) is 5.29. The van der Waals surface area contributed by atoms with Crippen molar-refractivity contribution in [1.82, 2.24) is 5.32 Å². The second-order valence-corrected chi connectivity index (χ2v) is 10.6. The lowest BCUT2D eigenvalue weighted by molar-refractivity contribution is -0.269. The van der Waals surface area contributed by atoms with Crippen LogP contribution in [0.25, 0.3) is 11.1 Å². The molecule has 2 aromatic rings. The van der Waals surface area contributed by atoms with Crippen molar-refractivity contribution in [3.63, 3.8) is 0 Å². The molecular weight excluding hydrogens is 540 g/mol. The van der Waals surface area contributed by atoms with Crippen molar-refractivity contribution in [2.75, 3.05) is 33.6 Å². The predicted molar refractivity (Wildman–Crippen MR) is 149 cm³/mol.